The van der Waals surface area contributed by atoms with Crippen molar-refractivity contribution >= 4 is 22.5 Å². The Morgan fingerprint density at radius 3 is 2.58 bits per heavy atom. The number of anilines is 1. The molecule has 0 N–H and O–H groups in total. The smallest absolute Gasteiger partial charge is 0.186 e. The maximum absolute atomic E-state index is 12.8. The van der Waals surface area contributed by atoms with Gasteiger partial charge >= 0.3 is 0 Å². The van der Waals surface area contributed by atoms with Crippen molar-refractivity contribution in [1.82, 2.24) is 9.97 Å². The number of hydrogen-bond acceptors (Lipinski definition) is 5. The number of para-hydroxylation sites is 2. The van der Waals surface area contributed by atoms with Crippen LogP contribution in [0.3, 0.4) is 0 Å². The number of carbonyl (C=O) groups is 1. The summed E-state index contributed by atoms with van der Waals surface area (Å²) in [5.74, 6) is -1.25. The average Bonchev–Trinajstić information content (AvgIpc) is 2.62. The van der Waals surface area contributed by atoms with Crippen LogP contribution in [0.25, 0.3) is 11.0 Å². The van der Waals surface area contributed by atoms with Crippen molar-refractivity contribution in [2.24, 2.45) is 0 Å². The van der Waals surface area contributed by atoms with Crippen molar-refractivity contribution in [2.75, 3.05) is 19.0 Å². The van der Waals surface area contributed by atoms with Crippen molar-refractivity contribution in [2.45, 2.75) is 5.92 Å². The third-order valence-corrected chi connectivity index (χ3v) is 3.80. The van der Waals surface area contributed by atoms with E-state index >= 15 is 0 Å². The second-order valence-electron chi connectivity index (χ2n) is 5.65. The predicted octanol–water partition coefficient (Wildman–Crippen LogP) is 3.19. The molecule has 5 nitrogen and oxygen atoms in total. The van der Waals surface area contributed by atoms with Crippen LogP contribution in [0.2, 0.25) is 0 Å². The summed E-state index contributed by atoms with van der Waals surface area (Å²) in [6, 6.07) is 16.7. The van der Waals surface area contributed by atoms with Gasteiger partial charge in [0.05, 0.1) is 29.0 Å². The zero-order valence-corrected chi connectivity index (χ0v) is 13.5. The molecule has 0 spiro atoms. The molecule has 3 rings (SSSR count). The van der Waals surface area contributed by atoms with E-state index in [1.54, 1.807) is 12.1 Å². The lowest BCUT2D eigenvalue weighted by Gasteiger charge is -2.14. The summed E-state index contributed by atoms with van der Waals surface area (Å²) in [6.45, 7) is 0. The fourth-order valence-electron chi connectivity index (χ4n) is 2.47. The van der Waals surface area contributed by atoms with Gasteiger partial charge in [0.15, 0.2) is 11.7 Å². The summed E-state index contributed by atoms with van der Waals surface area (Å²) < 4.78 is 0. The van der Waals surface area contributed by atoms with Crippen LogP contribution < -0.4 is 4.90 Å². The third-order valence-electron chi connectivity index (χ3n) is 3.80. The molecule has 5 heteroatoms. The minimum absolute atomic E-state index is 0.272. The highest BCUT2D eigenvalue weighted by molar-refractivity contribution is 6.03. The molecule has 0 aliphatic carbocycles. The summed E-state index contributed by atoms with van der Waals surface area (Å²) in [4.78, 5) is 23.4. The van der Waals surface area contributed by atoms with Gasteiger partial charge in [-0.2, -0.15) is 5.26 Å². The average molecular weight is 316 g/mol. The first-order valence-electron chi connectivity index (χ1n) is 7.53. The van der Waals surface area contributed by atoms with Crippen LogP contribution in [-0.4, -0.2) is 29.8 Å². The Balaban J connectivity index is 1.99. The van der Waals surface area contributed by atoms with E-state index < -0.39 is 5.92 Å². The van der Waals surface area contributed by atoms with E-state index in [4.69, 9.17) is 0 Å². The first kappa shape index (κ1) is 15.6. The number of ketones is 1. The number of Topliss-reactive ketones (excluding diaryl/α,β-unsaturated/α-hetero) is 1. The fraction of sp³-hybridized carbons (Fsp3) is 0.158. The van der Waals surface area contributed by atoms with Gasteiger partial charge in [-0.25, -0.2) is 4.98 Å². The molecule has 0 bridgehead atoms. The molecule has 0 aliphatic heterocycles. The summed E-state index contributed by atoms with van der Waals surface area (Å²) in [6.07, 6.45) is 1.50. The van der Waals surface area contributed by atoms with Crippen LogP contribution in [0.1, 0.15) is 22.0 Å². The molecule has 2 aromatic carbocycles. The third kappa shape index (κ3) is 2.95. The monoisotopic (exact) mass is 316 g/mol. The van der Waals surface area contributed by atoms with Gasteiger partial charge in [0.1, 0.15) is 0 Å². The van der Waals surface area contributed by atoms with Crippen LogP contribution in [-0.2, 0) is 0 Å². The van der Waals surface area contributed by atoms with E-state index in [9.17, 15) is 10.1 Å². The van der Waals surface area contributed by atoms with Crippen LogP contribution >= 0.6 is 0 Å². The Morgan fingerprint density at radius 2 is 1.88 bits per heavy atom. The molecule has 0 saturated heterocycles. The Labute approximate surface area is 140 Å². The van der Waals surface area contributed by atoms with E-state index in [1.165, 1.54) is 6.20 Å². The molecule has 0 saturated carbocycles. The second kappa shape index (κ2) is 6.47. The molecule has 118 valence electrons. The highest BCUT2D eigenvalue weighted by Gasteiger charge is 2.24. The molecule has 24 heavy (non-hydrogen) atoms. The van der Waals surface area contributed by atoms with Gasteiger partial charge in [-0.15, -0.1) is 0 Å². The van der Waals surface area contributed by atoms with E-state index in [0.29, 0.717) is 16.8 Å². The highest BCUT2D eigenvalue weighted by Crippen LogP contribution is 2.22. The topological polar surface area (TPSA) is 69.9 Å². The van der Waals surface area contributed by atoms with Crippen molar-refractivity contribution in [3.8, 4) is 6.07 Å². The molecular formula is C19H16N4O. The van der Waals surface area contributed by atoms with Crippen molar-refractivity contribution in [3.63, 3.8) is 0 Å². The molecule has 0 aliphatic rings. The molecule has 0 amide bonds. The van der Waals surface area contributed by atoms with E-state index in [1.807, 2.05) is 55.4 Å². The Morgan fingerprint density at radius 1 is 1.12 bits per heavy atom. The molecule has 1 atom stereocenters. The minimum Gasteiger partial charge on any atom is -0.378 e. The molecule has 0 fully saturated rings. The predicted molar refractivity (Wildman–Crippen MR) is 93.0 cm³/mol. The van der Waals surface area contributed by atoms with Crippen molar-refractivity contribution < 1.29 is 4.79 Å². The summed E-state index contributed by atoms with van der Waals surface area (Å²) in [7, 11) is 3.81. The Hall–Kier alpha value is -3.26. The lowest BCUT2D eigenvalue weighted by molar-refractivity contribution is 0.0977. The maximum Gasteiger partial charge on any atom is 0.186 e. The van der Waals surface area contributed by atoms with E-state index in [-0.39, 0.29) is 5.78 Å². The van der Waals surface area contributed by atoms with Gasteiger partial charge in [0.25, 0.3) is 0 Å². The van der Waals surface area contributed by atoms with Crippen LogP contribution in [0.5, 0.6) is 0 Å². The summed E-state index contributed by atoms with van der Waals surface area (Å²) in [5, 5.41) is 9.51. The SMILES string of the molecule is CN(C)c1cccc(C(=O)[C@@H](C#N)c2cnc3ccccc3n2)c1. The van der Waals surface area contributed by atoms with Crippen molar-refractivity contribution in [3.05, 3.63) is 66.0 Å². The standard InChI is InChI=1S/C19H16N4O/c1-23(2)14-7-5-6-13(10-14)19(24)15(11-20)18-12-21-16-8-3-4-9-17(16)22-18/h3-10,12,15H,1-2H3/t15-/m0/s1. The van der Waals surface area contributed by atoms with Gasteiger partial charge in [0.2, 0.25) is 0 Å². The molecule has 3 aromatic rings. The molecule has 0 radical (unpaired) electrons. The van der Waals surface area contributed by atoms with Gasteiger partial charge in [-0.1, -0.05) is 24.3 Å². The zero-order chi connectivity index (χ0) is 17.1. The molecule has 1 aromatic heterocycles. The van der Waals surface area contributed by atoms with Crippen LogP contribution in [0.4, 0.5) is 5.69 Å². The Bertz CT molecular complexity index is 943. The fourth-order valence-corrected chi connectivity index (χ4v) is 2.47. The molecular weight excluding hydrogens is 300 g/mol. The Kier molecular flexibility index (Phi) is 4.21. The largest absolute Gasteiger partial charge is 0.378 e. The minimum atomic E-state index is -0.973. The number of aromatic nitrogens is 2. The van der Waals surface area contributed by atoms with Gasteiger partial charge < -0.3 is 4.90 Å². The lowest BCUT2D eigenvalue weighted by Crippen LogP contribution is -2.15. The normalized spacial score (nSPS) is 11.7. The number of rotatable bonds is 4. The summed E-state index contributed by atoms with van der Waals surface area (Å²) >= 11 is 0. The summed E-state index contributed by atoms with van der Waals surface area (Å²) in [5.41, 5.74) is 3.17. The maximum atomic E-state index is 12.8. The molecule has 1 heterocycles. The van der Waals surface area contributed by atoms with Gasteiger partial charge in [0, 0.05) is 25.3 Å². The van der Waals surface area contributed by atoms with E-state index in [0.717, 1.165) is 11.2 Å². The van der Waals surface area contributed by atoms with Crippen molar-refractivity contribution in [1.29, 1.82) is 5.26 Å². The van der Waals surface area contributed by atoms with Crippen LogP contribution in [0, 0.1) is 11.3 Å². The zero-order valence-electron chi connectivity index (χ0n) is 13.5. The van der Waals surface area contributed by atoms with E-state index in [2.05, 4.69) is 16.0 Å². The molecule has 0 unspecified atom stereocenters. The van der Waals surface area contributed by atoms with Crippen LogP contribution in [0.15, 0.2) is 54.7 Å². The quantitative estimate of drug-likeness (QED) is 0.691. The number of hydrogen-bond donors (Lipinski definition) is 0. The number of carbonyl (C=O) groups excluding carboxylic acids is 1. The number of benzene rings is 2. The lowest BCUT2D eigenvalue weighted by atomic mass is 9.95. The first-order chi connectivity index (χ1) is 11.6. The second-order valence-corrected chi connectivity index (χ2v) is 5.65. The number of nitrogens with zero attached hydrogens (tertiary/aromatic N) is 4. The van der Waals surface area contributed by atoms with Gasteiger partial charge in [-0.3, -0.25) is 9.78 Å². The number of nitriles is 1. The number of fused-ring (bicyclic) bond motifs is 1. The van der Waals surface area contributed by atoms with Gasteiger partial charge in [-0.05, 0) is 24.3 Å². The highest BCUT2D eigenvalue weighted by atomic mass is 16.1. The first-order valence-corrected chi connectivity index (χ1v) is 7.53.